The monoisotopic (exact) mass is 478 g/mol. The van der Waals surface area contributed by atoms with Crippen LogP contribution < -0.4 is 11.0 Å². The van der Waals surface area contributed by atoms with E-state index in [-0.39, 0.29) is 23.8 Å². The molecule has 2 atom stereocenters. The third-order valence-electron chi connectivity index (χ3n) is 6.70. The number of carbonyl (C=O) groups is 1. The van der Waals surface area contributed by atoms with Crippen LogP contribution in [0.1, 0.15) is 47.2 Å². The molecule has 3 aromatic heterocycles. The number of aromatic nitrogens is 5. The van der Waals surface area contributed by atoms with E-state index in [0.29, 0.717) is 24.0 Å². The molecule has 5 rings (SSSR count). The number of nitrogens with one attached hydrogen (secondary N) is 1. The first-order chi connectivity index (χ1) is 16.8. The highest BCUT2D eigenvalue weighted by atomic mass is 19.1. The van der Waals surface area contributed by atoms with Gasteiger partial charge in [-0.25, -0.2) is 14.2 Å². The molecule has 9 nitrogen and oxygen atoms in total. The van der Waals surface area contributed by atoms with Gasteiger partial charge in [0.15, 0.2) is 5.65 Å². The summed E-state index contributed by atoms with van der Waals surface area (Å²) in [5.41, 5.74) is 2.72. The Balaban J connectivity index is 1.48. The van der Waals surface area contributed by atoms with Gasteiger partial charge in [-0.2, -0.15) is 5.10 Å². The predicted molar refractivity (Wildman–Crippen MR) is 128 cm³/mol. The molecule has 0 saturated heterocycles. The molecule has 182 valence electrons. The van der Waals surface area contributed by atoms with E-state index in [1.54, 1.807) is 30.1 Å². The number of imidazole rings is 1. The Hall–Kier alpha value is -3.79. The van der Waals surface area contributed by atoms with Crippen LogP contribution in [0.3, 0.4) is 0 Å². The van der Waals surface area contributed by atoms with Crippen molar-refractivity contribution in [3.63, 3.8) is 0 Å². The van der Waals surface area contributed by atoms with E-state index in [9.17, 15) is 14.7 Å². The first kappa shape index (κ1) is 23.0. The van der Waals surface area contributed by atoms with E-state index in [1.165, 1.54) is 33.6 Å². The molecule has 2 N–H and O–H groups in total. The number of hydrogen-bond donors (Lipinski definition) is 2. The van der Waals surface area contributed by atoms with Gasteiger partial charge >= 0.3 is 5.69 Å². The standard InChI is InChI=1S/C25H27FN6O3/c1-15-12-28-30(2)22(15)16-7-8-17(19(26)11-16)13-31-14-18(23-27-9-10-32(23)25(31)35)24(34)29-20-5-3-4-6-21(20)33/h7-12,14,20-21,33H,3-6,13H2,1-2H3,(H,29,34)/t20-,21-/m0/s1. The molecule has 1 aliphatic rings. The quantitative estimate of drug-likeness (QED) is 0.458. The van der Waals surface area contributed by atoms with E-state index >= 15 is 4.39 Å². The molecule has 3 heterocycles. The fourth-order valence-electron chi connectivity index (χ4n) is 4.83. The third-order valence-corrected chi connectivity index (χ3v) is 6.70. The molecular weight excluding hydrogens is 451 g/mol. The van der Waals surface area contributed by atoms with Gasteiger partial charge in [0.2, 0.25) is 0 Å². The molecule has 1 aromatic carbocycles. The first-order valence-electron chi connectivity index (χ1n) is 11.7. The Labute approximate surface area is 200 Å². The minimum Gasteiger partial charge on any atom is -0.391 e. The second-order valence-electron chi connectivity index (χ2n) is 9.11. The van der Waals surface area contributed by atoms with Crippen molar-refractivity contribution in [2.45, 2.75) is 51.3 Å². The van der Waals surface area contributed by atoms with Gasteiger partial charge in [-0.15, -0.1) is 0 Å². The molecule has 0 bridgehead atoms. The molecule has 1 aliphatic carbocycles. The largest absolute Gasteiger partial charge is 0.391 e. The number of aliphatic hydroxyl groups excluding tert-OH is 1. The van der Waals surface area contributed by atoms with Gasteiger partial charge in [0, 0.05) is 36.8 Å². The number of amides is 1. The van der Waals surface area contributed by atoms with Crippen molar-refractivity contribution >= 4 is 11.6 Å². The zero-order valence-corrected chi connectivity index (χ0v) is 19.6. The van der Waals surface area contributed by atoms with Gasteiger partial charge in [0.05, 0.1) is 36.1 Å². The van der Waals surface area contributed by atoms with Crippen LogP contribution in [0.2, 0.25) is 0 Å². The lowest BCUT2D eigenvalue weighted by Crippen LogP contribution is -2.45. The Morgan fingerprint density at radius 2 is 2.09 bits per heavy atom. The molecule has 10 heteroatoms. The van der Waals surface area contributed by atoms with Crippen LogP contribution in [0.5, 0.6) is 0 Å². The third kappa shape index (κ3) is 4.25. The maximum Gasteiger partial charge on any atom is 0.334 e. The highest BCUT2D eigenvalue weighted by Gasteiger charge is 2.26. The first-order valence-corrected chi connectivity index (χ1v) is 11.7. The van der Waals surface area contributed by atoms with Crippen molar-refractivity contribution in [1.29, 1.82) is 0 Å². The van der Waals surface area contributed by atoms with Crippen molar-refractivity contribution in [2.24, 2.45) is 7.05 Å². The van der Waals surface area contributed by atoms with Crippen LogP contribution in [-0.2, 0) is 13.6 Å². The van der Waals surface area contributed by atoms with Crippen molar-refractivity contribution in [1.82, 2.24) is 29.0 Å². The molecule has 0 unspecified atom stereocenters. The van der Waals surface area contributed by atoms with Crippen molar-refractivity contribution in [2.75, 3.05) is 0 Å². The van der Waals surface area contributed by atoms with Gasteiger partial charge in [-0.3, -0.25) is 18.4 Å². The van der Waals surface area contributed by atoms with Crippen molar-refractivity contribution in [3.05, 3.63) is 76.0 Å². The van der Waals surface area contributed by atoms with Crippen molar-refractivity contribution < 1.29 is 14.3 Å². The highest BCUT2D eigenvalue weighted by molar-refractivity contribution is 5.99. The maximum absolute atomic E-state index is 15.1. The molecule has 35 heavy (non-hydrogen) atoms. The number of aryl methyl sites for hydroxylation is 2. The highest BCUT2D eigenvalue weighted by Crippen LogP contribution is 2.25. The van der Waals surface area contributed by atoms with E-state index in [4.69, 9.17) is 0 Å². The average molecular weight is 479 g/mol. The van der Waals surface area contributed by atoms with Crippen LogP contribution in [0.15, 0.2) is 47.8 Å². The summed E-state index contributed by atoms with van der Waals surface area (Å²) in [7, 11) is 1.80. The summed E-state index contributed by atoms with van der Waals surface area (Å²) in [6, 6.07) is 4.51. The second kappa shape index (κ2) is 9.10. The zero-order chi connectivity index (χ0) is 24.7. The second-order valence-corrected chi connectivity index (χ2v) is 9.11. The van der Waals surface area contributed by atoms with Crippen LogP contribution in [0, 0.1) is 12.7 Å². The lowest BCUT2D eigenvalue weighted by Gasteiger charge is -2.28. The summed E-state index contributed by atoms with van der Waals surface area (Å²) in [5, 5.41) is 17.3. The number of fused-ring (bicyclic) bond motifs is 1. The Morgan fingerprint density at radius 3 is 2.80 bits per heavy atom. The maximum atomic E-state index is 15.1. The summed E-state index contributed by atoms with van der Waals surface area (Å²) in [5.74, 6) is -0.888. The van der Waals surface area contributed by atoms with Gasteiger partial charge in [0.1, 0.15) is 5.82 Å². The van der Waals surface area contributed by atoms with Gasteiger partial charge in [0.25, 0.3) is 5.91 Å². The van der Waals surface area contributed by atoms with Crippen molar-refractivity contribution in [3.8, 4) is 11.3 Å². The lowest BCUT2D eigenvalue weighted by atomic mass is 9.92. The summed E-state index contributed by atoms with van der Waals surface area (Å²) in [4.78, 5) is 30.3. The molecule has 1 fully saturated rings. The number of aliphatic hydroxyl groups is 1. The molecule has 1 saturated carbocycles. The fraction of sp³-hybridized carbons (Fsp3) is 0.360. The van der Waals surface area contributed by atoms with Gasteiger partial charge < -0.3 is 10.4 Å². The molecular formula is C25H27FN6O3. The summed E-state index contributed by atoms with van der Waals surface area (Å²) < 4.78 is 19.4. The lowest BCUT2D eigenvalue weighted by molar-refractivity contribution is 0.0717. The van der Waals surface area contributed by atoms with Crippen LogP contribution in [-0.4, -0.2) is 46.9 Å². The van der Waals surface area contributed by atoms with Crippen LogP contribution >= 0.6 is 0 Å². The van der Waals surface area contributed by atoms with Crippen LogP contribution in [0.4, 0.5) is 4.39 Å². The molecule has 1 amide bonds. The molecule has 0 spiro atoms. The number of carbonyl (C=O) groups excluding carboxylic acids is 1. The molecule has 0 aliphatic heterocycles. The summed E-state index contributed by atoms with van der Waals surface area (Å²) >= 11 is 0. The minimum absolute atomic E-state index is 0.0598. The Kier molecular flexibility index (Phi) is 5.98. The topological polar surface area (TPSA) is 106 Å². The number of hydrogen-bond acceptors (Lipinski definition) is 5. The number of rotatable bonds is 5. The number of halogens is 1. The summed E-state index contributed by atoms with van der Waals surface area (Å²) in [6.07, 6.45) is 8.62. The number of benzene rings is 1. The fourth-order valence-corrected chi connectivity index (χ4v) is 4.83. The smallest absolute Gasteiger partial charge is 0.334 e. The molecule has 4 aromatic rings. The average Bonchev–Trinajstić information content (AvgIpc) is 3.45. The normalized spacial score (nSPS) is 18.2. The van der Waals surface area contributed by atoms with E-state index in [1.807, 2.05) is 6.92 Å². The zero-order valence-electron chi connectivity index (χ0n) is 19.6. The Morgan fingerprint density at radius 1 is 1.29 bits per heavy atom. The predicted octanol–water partition coefficient (Wildman–Crippen LogP) is 2.43. The van der Waals surface area contributed by atoms with Gasteiger partial charge in [-0.1, -0.05) is 25.0 Å². The minimum atomic E-state index is -0.606. The molecule has 0 radical (unpaired) electrons. The van der Waals surface area contributed by atoms with E-state index < -0.39 is 23.5 Å². The Bertz CT molecular complexity index is 1450. The van der Waals surface area contributed by atoms with Gasteiger partial charge in [-0.05, 0) is 31.4 Å². The SMILES string of the molecule is Cc1cnn(C)c1-c1ccc(Cn2cc(C(=O)N[C@H]3CCCC[C@@H]3O)c3nccn3c2=O)c(F)c1. The van der Waals surface area contributed by atoms with E-state index in [0.717, 1.165) is 24.1 Å². The van der Waals surface area contributed by atoms with Crippen LogP contribution in [0.25, 0.3) is 16.9 Å². The summed E-state index contributed by atoms with van der Waals surface area (Å²) in [6.45, 7) is 1.85. The van der Waals surface area contributed by atoms with E-state index in [2.05, 4.69) is 15.4 Å². The number of nitrogens with zero attached hydrogens (tertiary/aromatic N) is 5.